The van der Waals surface area contributed by atoms with Crippen LogP contribution in [0.1, 0.15) is 15.9 Å². The number of carbonyl (C=O) groups excluding carboxylic acids is 1. The zero-order chi connectivity index (χ0) is 21.8. The molecule has 0 aliphatic rings. The largest absolute Gasteiger partial charge is 0.497 e. The van der Waals surface area contributed by atoms with Gasteiger partial charge in [-0.25, -0.2) is 0 Å². The lowest BCUT2D eigenvalue weighted by atomic mass is 10.2. The summed E-state index contributed by atoms with van der Waals surface area (Å²) in [7, 11) is 1.60. The van der Waals surface area contributed by atoms with Crippen LogP contribution in [0.25, 0.3) is 11.4 Å². The molecule has 0 aliphatic carbocycles. The maximum Gasteiger partial charge on any atom is 0.281 e. The molecule has 1 aromatic heterocycles. The lowest BCUT2D eigenvalue weighted by Crippen LogP contribution is -2.17. The molecule has 0 fully saturated rings. The van der Waals surface area contributed by atoms with Gasteiger partial charge in [-0.15, -0.1) is 5.10 Å². The number of methoxy groups -OCH3 is 1. The Kier molecular flexibility index (Phi) is 6.21. The Morgan fingerprint density at radius 3 is 2.42 bits per heavy atom. The van der Waals surface area contributed by atoms with Gasteiger partial charge < -0.3 is 10.1 Å². The van der Waals surface area contributed by atoms with Crippen molar-refractivity contribution in [1.82, 2.24) is 14.8 Å². The third-order valence-electron chi connectivity index (χ3n) is 4.58. The average molecular weight is 453 g/mol. The van der Waals surface area contributed by atoms with E-state index in [0.717, 1.165) is 16.9 Å². The van der Waals surface area contributed by atoms with Crippen LogP contribution in [0.2, 0.25) is 10.0 Å². The fourth-order valence-electron chi connectivity index (χ4n) is 2.96. The molecule has 1 N–H and O–H groups in total. The summed E-state index contributed by atoms with van der Waals surface area (Å²) in [6, 6.07) is 21.4. The molecular formula is C23H18Cl2N4O2. The lowest BCUT2D eigenvalue weighted by molar-refractivity contribution is 0.0947. The van der Waals surface area contributed by atoms with Crippen LogP contribution in [0.3, 0.4) is 0 Å². The predicted molar refractivity (Wildman–Crippen MR) is 122 cm³/mol. The number of halogens is 2. The second-order valence-corrected chi connectivity index (χ2v) is 7.57. The summed E-state index contributed by atoms with van der Waals surface area (Å²) in [6.45, 7) is 0.445. The van der Waals surface area contributed by atoms with Crippen LogP contribution in [0.4, 0.5) is 5.95 Å². The molecule has 0 unspecified atom stereocenters. The molecule has 0 bridgehead atoms. The predicted octanol–water partition coefficient (Wildman–Crippen LogP) is 5.56. The summed E-state index contributed by atoms with van der Waals surface area (Å²) in [5.41, 5.74) is 2.15. The summed E-state index contributed by atoms with van der Waals surface area (Å²) >= 11 is 12.0. The third-order valence-corrected chi connectivity index (χ3v) is 5.07. The molecule has 4 aromatic rings. The number of ether oxygens (including phenoxy) is 1. The zero-order valence-electron chi connectivity index (χ0n) is 16.5. The molecule has 6 nitrogen and oxygen atoms in total. The summed E-state index contributed by atoms with van der Waals surface area (Å²) in [4.78, 5) is 17.7. The molecule has 31 heavy (non-hydrogen) atoms. The van der Waals surface area contributed by atoms with Crippen LogP contribution >= 0.6 is 23.2 Å². The van der Waals surface area contributed by atoms with Crippen LogP contribution in [0, 0.1) is 0 Å². The van der Waals surface area contributed by atoms with Crippen molar-refractivity contribution in [1.29, 1.82) is 0 Å². The highest BCUT2D eigenvalue weighted by molar-refractivity contribution is 6.31. The number of aromatic nitrogens is 3. The third kappa shape index (κ3) is 4.87. The Hall–Kier alpha value is -3.35. The lowest BCUT2D eigenvalue weighted by Gasteiger charge is -2.08. The quantitative estimate of drug-likeness (QED) is 0.414. The van der Waals surface area contributed by atoms with Gasteiger partial charge in [0.1, 0.15) is 5.75 Å². The van der Waals surface area contributed by atoms with Gasteiger partial charge in [0.15, 0.2) is 5.82 Å². The van der Waals surface area contributed by atoms with Gasteiger partial charge in [-0.2, -0.15) is 9.67 Å². The van der Waals surface area contributed by atoms with Gasteiger partial charge in [-0.3, -0.25) is 4.79 Å². The number of anilines is 1. The topological polar surface area (TPSA) is 69.0 Å². The highest BCUT2D eigenvalue weighted by Crippen LogP contribution is 2.23. The fraction of sp³-hybridized carbons (Fsp3) is 0.0870. The van der Waals surface area contributed by atoms with Crippen molar-refractivity contribution in [3.05, 3.63) is 94.0 Å². The number of hydrogen-bond donors (Lipinski definition) is 1. The van der Waals surface area contributed by atoms with Crippen LogP contribution < -0.4 is 10.1 Å². The first-order valence-electron chi connectivity index (χ1n) is 9.43. The van der Waals surface area contributed by atoms with E-state index in [-0.39, 0.29) is 5.91 Å². The smallest absolute Gasteiger partial charge is 0.281 e. The van der Waals surface area contributed by atoms with Gasteiger partial charge >= 0.3 is 0 Å². The molecule has 0 saturated carbocycles. The Balaban J connectivity index is 1.68. The Morgan fingerprint density at radius 2 is 1.74 bits per heavy atom. The van der Waals surface area contributed by atoms with E-state index in [0.29, 0.717) is 33.9 Å². The zero-order valence-corrected chi connectivity index (χ0v) is 18.1. The second-order valence-electron chi connectivity index (χ2n) is 6.69. The van der Waals surface area contributed by atoms with Gasteiger partial charge in [0.05, 0.1) is 7.11 Å². The first-order chi connectivity index (χ1) is 15.0. The molecule has 0 spiro atoms. The fourth-order valence-corrected chi connectivity index (χ4v) is 3.27. The van der Waals surface area contributed by atoms with Crippen LogP contribution in [-0.4, -0.2) is 27.8 Å². The van der Waals surface area contributed by atoms with Gasteiger partial charge in [-0.05, 0) is 60.2 Å². The minimum atomic E-state index is -0.339. The summed E-state index contributed by atoms with van der Waals surface area (Å²) < 4.78 is 6.45. The molecule has 156 valence electrons. The van der Waals surface area contributed by atoms with Crippen molar-refractivity contribution < 1.29 is 9.53 Å². The Bertz CT molecular complexity index is 1210. The first kappa shape index (κ1) is 20.9. The molecule has 3 aromatic carbocycles. The van der Waals surface area contributed by atoms with Crippen molar-refractivity contribution in [2.45, 2.75) is 6.54 Å². The summed E-state index contributed by atoms with van der Waals surface area (Å²) in [5, 5.41) is 8.78. The van der Waals surface area contributed by atoms with Crippen LogP contribution in [0.15, 0.2) is 72.8 Å². The van der Waals surface area contributed by atoms with Crippen LogP contribution in [0.5, 0.6) is 5.75 Å². The number of nitrogens with one attached hydrogen (secondary N) is 1. The minimum Gasteiger partial charge on any atom is -0.497 e. The van der Waals surface area contributed by atoms with Gasteiger partial charge in [0, 0.05) is 27.7 Å². The molecule has 1 heterocycles. The summed E-state index contributed by atoms with van der Waals surface area (Å²) in [5.74, 6) is 1.12. The number of rotatable bonds is 6. The van der Waals surface area contributed by atoms with Gasteiger partial charge in [0.25, 0.3) is 5.91 Å². The van der Waals surface area contributed by atoms with E-state index < -0.39 is 0 Å². The van der Waals surface area contributed by atoms with E-state index in [1.54, 1.807) is 31.4 Å². The van der Waals surface area contributed by atoms with Gasteiger partial charge in [-0.1, -0.05) is 41.4 Å². The van der Waals surface area contributed by atoms with Crippen molar-refractivity contribution in [3.63, 3.8) is 0 Å². The van der Waals surface area contributed by atoms with Gasteiger partial charge in [0.2, 0.25) is 5.95 Å². The van der Waals surface area contributed by atoms with Crippen molar-refractivity contribution in [2.24, 2.45) is 0 Å². The highest BCUT2D eigenvalue weighted by Gasteiger charge is 2.19. The van der Waals surface area contributed by atoms with Crippen molar-refractivity contribution >= 4 is 35.1 Å². The standard InChI is InChI=1S/C23H18Cl2N4O2/c1-31-20-11-7-16(8-12-20)21-27-23(26-14-15-5-9-18(24)10-6-15)29(28-21)22(30)17-3-2-4-19(25)13-17/h2-13H,14H2,1H3,(H,26,27,28). The first-order valence-corrected chi connectivity index (χ1v) is 10.2. The number of nitrogens with zero attached hydrogens (tertiary/aromatic N) is 3. The van der Waals surface area contributed by atoms with E-state index in [1.165, 1.54) is 4.68 Å². The molecule has 0 atom stereocenters. The molecule has 0 aliphatic heterocycles. The van der Waals surface area contributed by atoms with E-state index in [2.05, 4.69) is 15.4 Å². The normalized spacial score (nSPS) is 10.7. The van der Waals surface area contributed by atoms with E-state index in [9.17, 15) is 4.79 Å². The van der Waals surface area contributed by atoms with E-state index in [4.69, 9.17) is 27.9 Å². The molecule has 4 rings (SSSR count). The molecule has 0 radical (unpaired) electrons. The van der Waals surface area contributed by atoms with E-state index >= 15 is 0 Å². The number of hydrogen-bond acceptors (Lipinski definition) is 5. The molecular weight excluding hydrogens is 435 g/mol. The number of carbonyl (C=O) groups is 1. The number of benzene rings is 3. The second kappa shape index (κ2) is 9.20. The molecule has 0 amide bonds. The highest BCUT2D eigenvalue weighted by atomic mass is 35.5. The Morgan fingerprint density at radius 1 is 1.00 bits per heavy atom. The average Bonchev–Trinajstić information content (AvgIpc) is 3.22. The van der Waals surface area contributed by atoms with Crippen molar-refractivity contribution in [2.75, 3.05) is 12.4 Å². The molecule has 0 saturated heterocycles. The maximum atomic E-state index is 13.1. The van der Waals surface area contributed by atoms with Crippen molar-refractivity contribution in [3.8, 4) is 17.1 Å². The maximum absolute atomic E-state index is 13.1. The minimum absolute atomic E-state index is 0.325. The molecule has 8 heteroatoms. The monoisotopic (exact) mass is 452 g/mol. The van der Waals surface area contributed by atoms with E-state index in [1.807, 2.05) is 48.5 Å². The van der Waals surface area contributed by atoms with Crippen LogP contribution in [-0.2, 0) is 6.54 Å². The Labute approximate surface area is 189 Å². The summed E-state index contributed by atoms with van der Waals surface area (Å²) in [6.07, 6.45) is 0. The SMILES string of the molecule is COc1ccc(-c2nc(NCc3ccc(Cl)cc3)n(C(=O)c3cccc(Cl)c3)n2)cc1.